The summed E-state index contributed by atoms with van der Waals surface area (Å²) in [7, 11) is 0. The molecule has 0 aliphatic carbocycles. The van der Waals surface area contributed by atoms with Crippen molar-refractivity contribution in [2.75, 3.05) is 5.32 Å². The van der Waals surface area contributed by atoms with Gasteiger partial charge >= 0.3 is 0 Å². The molecule has 0 aliphatic rings. The van der Waals surface area contributed by atoms with Crippen molar-refractivity contribution in [3.8, 4) is 0 Å². The summed E-state index contributed by atoms with van der Waals surface area (Å²) in [4.78, 5) is 4.38. The topological polar surface area (TPSA) is 37.8 Å². The molecule has 1 atom stereocenters. The standard InChI is InChI=1S/C10H19N3S/c1-6-8-12-9(14-13-8)11-7(2)10(3,4)5/h7H,6H2,1-5H3,(H,11,12,13). The van der Waals surface area contributed by atoms with Gasteiger partial charge in [0, 0.05) is 24.0 Å². The van der Waals surface area contributed by atoms with Gasteiger partial charge in [-0.1, -0.05) is 27.7 Å². The molecule has 1 heterocycles. The van der Waals surface area contributed by atoms with Gasteiger partial charge in [-0.05, 0) is 12.3 Å². The van der Waals surface area contributed by atoms with Crippen LogP contribution in [0.4, 0.5) is 5.13 Å². The first-order valence-corrected chi connectivity index (χ1v) is 5.80. The molecule has 1 aromatic rings. The van der Waals surface area contributed by atoms with Gasteiger partial charge in [-0.15, -0.1) is 0 Å². The van der Waals surface area contributed by atoms with Gasteiger partial charge in [-0.25, -0.2) is 4.98 Å². The Labute approximate surface area is 90.1 Å². The fourth-order valence-corrected chi connectivity index (χ4v) is 1.60. The number of aryl methyl sites for hydroxylation is 1. The number of nitrogens with one attached hydrogen (secondary N) is 1. The van der Waals surface area contributed by atoms with E-state index >= 15 is 0 Å². The summed E-state index contributed by atoms with van der Waals surface area (Å²) in [6.07, 6.45) is 0.905. The lowest BCUT2D eigenvalue weighted by Gasteiger charge is -2.27. The fourth-order valence-electron chi connectivity index (χ4n) is 0.858. The van der Waals surface area contributed by atoms with E-state index in [1.807, 2.05) is 0 Å². The highest BCUT2D eigenvalue weighted by molar-refractivity contribution is 7.09. The van der Waals surface area contributed by atoms with Gasteiger partial charge in [0.1, 0.15) is 5.82 Å². The van der Waals surface area contributed by atoms with Crippen LogP contribution in [0.2, 0.25) is 0 Å². The predicted molar refractivity (Wildman–Crippen MR) is 61.8 cm³/mol. The molecule has 1 aromatic heterocycles. The molecule has 1 N–H and O–H groups in total. The highest BCUT2D eigenvalue weighted by atomic mass is 32.1. The highest BCUT2D eigenvalue weighted by Crippen LogP contribution is 2.23. The van der Waals surface area contributed by atoms with Crippen LogP contribution in [0.5, 0.6) is 0 Å². The Morgan fingerprint density at radius 2 is 2.07 bits per heavy atom. The van der Waals surface area contributed by atoms with Gasteiger partial charge in [0.2, 0.25) is 5.13 Å². The SMILES string of the molecule is CCc1nsc(NC(C)C(C)(C)C)n1. The third-order valence-corrected chi connectivity index (χ3v) is 3.11. The zero-order valence-corrected chi connectivity index (χ0v) is 10.4. The first kappa shape index (κ1) is 11.4. The summed E-state index contributed by atoms with van der Waals surface area (Å²) in [5.41, 5.74) is 0.248. The molecule has 0 bridgehead atoms. The lowest BCUT2D eigenvalue weighted by molar-refractivity contribution is 0.359. The second-order valence-corrected chi connectivity index (χ2v) is 5.35. The van der Waals surface area contributed by atoms with Crippen molar-refractivity contribution < 1.29 is 0 Å². The zero-order valence-electron chi connectivity index (χ0n) is 9.59. The molecule has 0 spiro atoms. The molecule has 1 rings (SSSR count). The summed E-state index contributed by atoms with van der Waals surface area (Å²) >= 11 is 1.45. The van der Waals surface area contributed by atoms with Crippen molar-refractivity contribution in [3.63, 3.8) is 0 Å². The molecule has 0 radical (unpaired) electrons. The van der Waals surface area contributed by atoms with Crippen molar-refractivity contribution in [3.05, 3.63) is 5.82 Å². The van der Waals surface area contributed by atoms with Crippen LogP contribution in [0.15, 0.2) is 0 Å². The second kappa shape index (κ2) is 4.26. The van der Waals surface area contributed by atoms with Crippen LogP contribution in [0.1, 0.15) is 40.4 Å². The number of rotatable bonds is 3. The van der Waals surface area contributed by atoms with Crippen LogP contribution in [-0.4, -0.2) is 15.4 Å². The van der Waals surface area contributed by atoms with Gasteiger partial charge in [0.15, 0.2) is 0 Å². The lowest BCUT2D eigenvalue weighted by Crippen LogP contribution is -2.30. The summed E-state index contributed by atoms with van der Waals surface area (Å²) in [5.74, 6) is 0.929. The van der Waals surface area contributed by atoms with Crippen LogP contribution in [0.25, 0.3) is 0 Å². The van der Waals surface area contributed by atoms with Crippen molar-refractivity contribution in [2.24, 2.45) is 5.41 Å². The van der Waals surface area contributed by atoms with E-state index in [0.717, 1.165) is 17.4 Å². The molecule has 0 amide bonds. The third kappa shape index (κ3) is 2.94. The predicted octanol–water partition coefficient (Wildman–Crippen LogP) is 2.95. The van der Waals surface area contributed by atoms with Gasteiger partial charge in [-0.3, -0.25) is 0 Å². The van der Waals surface area contributed by atoms with Gasteiger partial charge in [-0.2, -0.15) is 4.37 Å². The Kier molecular flexibility index (Phi) is 3.48. The van der Waals surface area contributed by atoms with Crippen molar-refractivity contribution >= 4 is 16.7 Å². The maximum atomic E-state index is 4.38. The van der Waals surface area contributed by atoms with E-state index in [1.165, 1.54) is 11.5 Å². The van der Waals surface area contributed by atoms with Crippen LogP contribution in [0, 0.1) is 5.41 Å². The van der Waals surface area contributed by atoms with E-state index in [1.54, 1.807) is 0 Å². The van der Waals surface area contributed by atoms with E-state index in [4.69, 9.17) is 0 Å². The molecule has 0 aliphatic heterocycles. The Morgan fingerprint density at radius 3 is 2.50 bits per heavy atom. The minimum atomic E-state index is 0.248. The minimum absolute atomic E-state index is 0.248. The molecule has 3 nitrogen and oxygen atoms in total. The summed E-state index contributed by atoms with van der Waals surface area (Å²) < 4.78 is 4.24. The molecule has 4 heteroatoms. The monoisotopic (exact) mass is 213 g/mol. The zero-order chi connectivity index (χ0) is 10.8. The highest BCUT2D eigenvalue weighted by Gasteiger charge is 2.20. The third-order valence-electron chi connectivity index (χ3n) is 2.42. The first-order chi connectivity index (χ1) is 6.43. The maximum absolute atomic E-state index is 4.38. The maximum Gasteiger partial charge on any atom is 0.202 e. The molecule has 0 saturated carbocycles. The molecule has 80 valence electrons. The number of aromatic nitrogens is 2. The van der Waals surface area contributed by atoms with Crippen LogP contribution in [0.3, 0.4) is 0 Å². The van der Waals surface area contributed by atoms with Crippen molar-refractivity contribution in [1.82, 2.24) is 9.36 Å². The normalized spacial score (nSPS) is 14.1. The molecule has 14 heavy (non-hydrogen) atoms. The Hall–Kier alpha value is -0.640. The van der Waals surface area contributed by atoms with Crippen molar-refractivity contribution in [2.45, 2.75) is 47.1 Å². The second-order valence-electron chi connectivity index (χ2n) is 4.60. The van der Waals surface area contributed by atoms with E-state index in [0.29, 0.717) is 6.04 Å². The summed E-state index contributed by atoms with van der Waals surface area (Å²) in [6, 6.07) is 0.403. The smallest absolute Gasteiger partial charge is 0.202 e. The summed E-state index contributed by atoms with van der Waals surface area (Å²) in [6.45, 7) is 10.9. The number of nitrogens with zero attached hydrogens (tertiary/aromatic N) is 2. The molecular weight excluding hydrogens is 194 g/mol. The Bertz CT molecular complexity index is 288. The minimum Gasteiger partial charge on any atom is -0.357 e. The van der Waals surface area contributed by atoms with Gasteiger partial charge in [0.05, 0.1) is 0 Å². The fraction of sp³-hybridized carbons (Fsp3) is 0.800. The number of hydrogen-bond acceptors (Lipinski definition) is 4. The molecular formula is C10H19N3S. The Balaban J connectivity index is 2.60. The van der Waals surface area contributed by atoms with E-state index in [9.17, 15) is 0 Å². The average Bonchev–Trinajstić information content (AvgIpc) is 2.50. The summed E-state index contributed by atoms with van der Waals surface area (Å²) in [5, 5.41) is 4.32. The molecule has 0 aromatic carbocycles. The first-order valence-electron chi connectivity index (χ1n) is 5.02. The quantitative estimate of drug-likeness (QED) is 0.839. The van der Waals surface area contributed by atoms with E-state index in [-0.39, 0.29) is 5.41 Å². The van der Waals surface area contributed by atoms with Crippen LogP contribution in [-0.2, 0) is 6.42 Å². The number of anilines is 1. The lowest BCUT2D eigenvalue weighted by atomic mass is 9.88. The number of hydrogen-bond donors (Lipinski definition) is 1. The Morgan fingerprint density at radius 1 is 1.43 bits per heavy atom. The largest absolute Gasteiger partial charge is 0.357 e. The van der Waals surface area contributed by atoms with Gasteiger partial charge < -0.3 is 5.32 Å². The van der Waals surface area contributed by atoms with Gasteiger partial charge in [0.25, 0.3) is 0 Å². The average molecular weight is 213 g/mol. The molecule has 0 fully saturated rings. The molecule has 0 saturated heterocycles. The van der Waals surface area contributed by atoms with E-state index in [2.05, 4.69) is 49.3 Å². The molecule has 1 unspecified atom stereocenters. The van der Waals surface area contributed by atoms with E-state index < -0.39 is 0 Å². The van der Waals surface area contributed by atoms with Crippen molar-refractivity contribution in [1.29, 1.82) is 0 Å². The van der Waals surface area contributed by atoms with Crippen LogP contribution >= 0.6 is 11.5 Å². The van der Waals surface area contributed by atoms with Crippen LogP contribution < -0.4 is 5.32 Å².